The number of aromatic nitrogens is 1. The minimum atomic E-state index is -0.475. The number of nitrogens with zero attached hydrogens (tertiary/aromatic N) is 2. The van der Waals surface area contributed by atoms with Crippen molar-refractivity contribution in [1.82, 2.24) is 15.2 Å². The molecular weight excluding hydrogens is 412 g/mol. The molecule has 170 valence electrons. The van der Waals surface area contributed by atoms with Crippen molar-refractivity contribution < 1.29 is 9.59 Å². The van der Waals surface area contributed by atoms with Crippen LogP contribution in [-0.2, 0) is 17.8 Å². The molecule has 33 heavy (non-hydrogen) atoms. The molecule has 2 aromatic carbocycles. The SMILES string of the molecule is Cc1nc(-c2ccc(CNC(=O)C(Cc3ccccc3)N3CCCC3)cc2)ccc1C(N)=O. The summed E-state index contributed by atoms with van der Waals surface area (Å²) in [5.41, 5.74) is 10.3. The van der Waals surface area contributed by atoms with Gasteiger partial charge >= 0.3 is 0 Å². The van der Waals surface area contributed by atoms with E-state index >= 15 is 0 Å². The topological polar surface area (TPSA) is 88.3 Å². The molecule has 1 aliphatic heterocycles. The van der Waals surface area contributed by atoms with Crippen LogP contribution in [0.2, 0.25) is 0 Å². The largest absolute Gasteiger partial charge is 0.366 e. The van der Waals surface area contributed by atoms with Crippen molar-refractivity contribution in [2.24, 2.45) is 5.73 Å². The number of carbonyl (C=O) groups is 2. The number of hydrogen-bond donors (Lipinski definition) is 2. The van der Waals surface area contributed by atoms with Gasteiger partial charge in [-0.15, -0.1) is 0 Å². The van der Waals surface area contributed by atoms with E-state index < -0.39 is 5.91 Å². The molecule has 1 atom stereocenters. The highest BCUT2D eigenvalue weighted by Gasteiger charge is 2.28. The number of carbonyl (C=O) groups excluding carboxylic acids is 2. The number of primary amides is 1. The average molecular weight is 443 g/mol. The van der Waals surface area contributed by atoms with E-state index in [9.17, 15) is 9.59 Å². The number of hydrogen-bond acceptors (Lipinski definition) is 4. The Morgan fingerprint density at radius 3 is 2.30 bits per heavy atom. The van der Waals surface area contributed by atoms with E-state index in [4.69, 9.17) is 5.73 Å². The molecule has 1 aliphatic rings. The molecule has 2 heterocycles. The second-order valence-electron chi connectivity index (χ2n) is 8.56. The molecule has 0 saturated carbocycles. The van der Waals surface area contributed by atoms with Gasteiger partial charge in [0.15, 0.2) is 0 Å². The maximum Gasteiger partial charge on any atom is 0.250 e. The second kappa shape index (κ2) is 10.4. The number of nitrogens with one attached hydrogen (secondary N) is 1. The molecule has 3 N–H and O–H groups in total. The lowest BCUT2D eigenvalue weighted by Crippen LogP contribution is -2.46. The molecular formula is C27H30N4O2. The predicted octanol–water partition coefficient (Wildman–Crippen LogP) is 3.48. The lowest BCUT2D eigenvalue weighted by Gasteiger charge is -2.26. The van der Waals surface area contributed by atoms with Crippen molar-refractivity contribution in [3.63, 3.8) is 0 Å². The molecule has 6 nitrogen and oxygen atoms in total. The van der Waals surface area contributed by atoms with E-state index in [1.54, 1.807) is 19.1 Å². The van der Waals surface area contributed by atoms with Crippen LogP contribution in [0.4, 0.5) is 0 Å². The van der Waals surface area contributed by atoms with Crippen molar-refractivity contribution in [3.8, 4) is 11.3 Å². The van der Waals surface area contributed by atoms with Crippen LogP contribution >= 0.6 is 0 Å². The van der Waals surface area contributed by atoms with Gasteiger partial charge in [0, 0.05) is 12.1 Å². The van der Waals surface area contributed by atoms with Crippen molar-refractivity contribution in [1.29, 1.82) is 0 Å². The standard InChI is InChI=1S/C27H30N4O2/c1-19-23(26(28)32)13-14-24(30-19)22-11-9-21(10-12-22)18-29-27(33)25(31-15-5-6-16-31)17-20-7-3-2-4-8-20/h2-4,7-14,25H,5-6,15-18H2,1H3,(H2,28,32)(H,29,33). The predicted molar refractivity (Wildman–Crippen MR) is 130 cm³/mol. The van der Waals surface area contributed by atoms with E-state index in [2.05, 4.69) is 27.3 Å². The summed E-state index contributed by atoms with van der Waals surface area (Å²) in [6, 6.07) is 21.5. The van der Waals surface area contributed by atoms with Gasteiger partial charge in [0.1, 0.15) is 0 Å². The van der Waals surface area contributed by atoms with Gasteiger partial charge in [0.25, 0.3) is 5.91 Å². The van der Waals surface area contributed by atoms with E-state index in [1.165, 1.54) is 5.56 Å². The van der Waals surface area contributed by atoms with E-state index in [1.807, 2.05) is 42.5 Å². The van der Waals surface area contributed by atoms with Gasteiger partial charge in [-0.3, -0.25) is 19.5 Å². The van der Waals surface area contributed by atoms with Crippen molar-refractivity contribution in [3.05, 3.63) is 89.1 Å². The first-order valence-electron chi connectivity index (χ1n) is 11.4. The lowest BCUT2D eigenvalue weighted by atomic mass is 10.0. The number of benzene rings is 2. The summed E-state index contributed by atoms with van der Waals surface area (Å²) < 4.78 is 0. The first-order chi connectivity index (χ1) is 16.0. The number of pyridine rings is 1. The molecule has 1 fully saturated rings. The number of rotatable bonds is 8. The summed E-state index contributed by atoms with van der Waals surface area (Å²) in [7, 11) is 0. The van der Waals surface area contributed by atoms with Crippen LogP contribution in [0.15, 0.2) is 66.7 Å². The zero-order valence-corrected chi connectivity index (χ0v) is 19.0. The monoisotopic (exact) mass is 442 g/mol. The molecule has 0 aliphatic carbocycles. The number of amides is 2. The fourth-order valence-electron chi connectivity index (χ4n) is 4.36. The Bertz CT molecular complexity index is 1110. The molecule has 1 unspecified atom stereocenters. The van der Waals surface area contributed by atoms with Gasteiger partial charge in [-0.1, -0.05) is 54.6 Å². The van der Waals surface area contributed by atoms with Crippen molar-refractivity contribution in [2.75, 3.05) is 13.1 Å². The fourth-order valence-corrected chi connectivity index (χ4v) is 4.36. The molecule has 0 spiro atoms. The van der Waals surface area contributed by atoms with Gasteiger partial charge in [-0.25, -0.2) is 0 Å². The lowest BCUT2D eigenvalue weighted by molar-refractivity contribution is -0.126. The van der Waals surface area contributed by atoms with Crippen LogP contribution in [0.1, 0.15) is 40.0 Å². The highest BCUT2D eigenvalue weighted by Crippen LogP contribution is 2.20. The van der Waals surface area contributed by atoms with Crippen molar-refractivity contribution >= 4 is 11.8 Å². The van der Waals surface area contributed by atoms with Crippen LogP contribution in [-0.4, -0.2) is 40.8 Å². The summed E-state index contributed by atoms with van der Waals surface area (Å²) >= 11 is 0. The third-order valence-corrected chi connectivity index (χ3v) is 6.22. The van der Waals surface area contributed by atoms with E-state index in [-0.39, 0.29) is 11.9 Å². The summed E-state index contributed by atoms with van der Waals surface area (Å²) in [5.74, 6) is -0.402. The minimum absolute atomic E-state index is 0.0733. The van der Waals surface area contributed by atoms with Crippen LogP contribution in [0.25, 0.3) is 11.3 Å². The van der Waals surface area contributed by atoms with Gasteiger partial charge in [-0.2, -0.15) is 0 Å². The molecule has 0 bridgehead atoms. The molecule has 1 aromatic heterocycles. The van der Waals surface area contributed by atoms with Crippen LogP contribution in [0, 0.1) is 6.92 Å². The second-order valence-corrected chi connectivity index (χ2v) is 8.56. The Morgan fingerprint density at radius 2 is 1.67 bits per heavy atom. The number of aryl methyl sites for hydroxylation is 1. The van der Waals surface area contributed by atoms with Crippen LogP contribution in [0.5, 0.6) is 0 Å². The maximum atomic E-state index is 13.1. The van der Waals surface area contributed by atoms with Crippen LogP contribution < -0.4 is 11.1 Å². The highest BCUT2D eigenvalue weighted by molar-refractivity contribution is 5.94. The Morgan fingerprint density at radius 1 is 0.970 bits per heavy atom. The third kappa shape index (κ3) is 5.65. The van der Waals surface area contributed by atoms with Crippen LogP contribution in [0.3, 0.4) is 0 Å². The zero-order valence-electron chi connectivity index (χ0n) is 19.0. The number of likely N-dealkylation sites (tertiary alicyclic amines) is 1. The molecule has 2 amide bonds. The fraction of sp³-hybridized carbons (Fsp3) is 0.296. The quantitative estimate of drug-likeness (QED) is 0.559. The Kier molecular flexibility index (Phi) is 7.15. The molecule has 6 heteroatoms. The highest BCUT2D eigenvalue weighted by atomic mass is 16.2. The minimum Gasteiger partial charge on any atom is -0.366 e. The van der Waals surface area contributed by atoms with Gasteiger partial charge in [0.2, 0.25) is 5.91 Å². The Balaban J connectivity index is 1.40. The molecule has 0 radical (unpaired) electrons. The van der Waals surface area contributed by atoms with Gasteiger partial charge in [-0.05, 0) is 62.5 Å². The Labute approximate surface area is 194 Å². The van der Waals surface area contributed by atoms with E-state index in [0.29, 0.717) is 17.8 Å². The third-order valence-electron chi connectivity index (χ3n) is 6.22. The normalized spacial score (nSPS) is 14.7. The Hall–Kier alpha value is -3.51. The first kappa shape index (κ1) is 22.7. The maximum absolute atomic E-state index is 13.1. The van der Waals surface area contributed by atoms with Gasteiger partial charge in [0.05, 0.1) is 23.0 Å². The van der Waals surface area contributed by atoms with E-state index in [0.717, 1.165) is 49.2 Å². The zero-order chi connectivity index (χ0) is 23.2. The smallest absolute Gasteiger partial charge is 0.250 e. The summed E-state index contributed by atoms with van der Waals surface area (Å²) in [5, 5.41) is 3.14. The average Bonchev–Trinajstić information content (AvgIpc) is 3.36. The summed E-state index contributed by atoms with van der Waals surface area (Å²) in [6.45, 7) is 4.20. The molecule has 1 saturated heterocycles. The number of nitrogens with two attached hydrogens (primary N) is 1. The molecule has 3 aromatic rings. The van der Waals surface area contributed by atoms with Gasteiger partial charge < -0.3 is 11.1 Å². The van der Waals surface area contributed by atoms with Crippen molar-refractivity contribution in [2.45, 2.75) is 38.8 Å². The summed E-state index contributed by atoms with van der Waals surface area (Å²) in [4.78, 5) is 31.3. The summed E-state index contributed by atoms with van der Waals surface area (Å²) in [6.07, 6.45) is 3.01. The first-order valence-corrected chi connectivity index (χ1v) is 11.4. The molecule has 4 rings (SSSR count).